The van der Waals surface area contributed by atoms with Crippen molar-refractivity contribution in [3.8, 4) is 6.07 Å². The number of nitrogens with one attached hydrogen (secondary N) is 2. The summed E-state index contributed by atoms with van der Waals surface area (Å²) < 4.78 is 93.9. The molecule has 0 atom stereocenters. The van der Waals surface area contributed by atoms with Crippen molar-refractivity contribution in [2.45, 2.75) is 22.9 Å². The van der Waals surface area contributed by atoms with Gasteiger partial charge in [0.1, 0.15) is 0 Å². The first kappa shape index (κ1) is 24.1. The smallest absolute Gasteiger partial charge is 0.280 e. The molecule has 0 radical (unpaired) electrons. The second-order valence-corrected chi connectivity index (χ2v) is 10.3. The summed E-state index contributed by atoms with van der Waals surface area (Å²) in [6.45, 7) is 1.55. The van der Waals surface area contributed by atoms with E-state index in [4.69, 9.17) is 5.26 Å². The molecule has 0 amide bonds. The van der Waals surface area contributed by atoms with Crippen molar-refractivity contribution >= 4 is 31.4 Å². The second-order valence-electron chi connectivity index (χ2n) is 6.90. The first-order valence-corrected chi connectivity index (χ1v) is 12.1. The molecule has 33 heavy (non-hydrogen) atoms. The summed E-state index contributed by atoms with van der Waals surface area (Å²) >= 11 is 0. The lowest BCUT2D eigenvalue weighted by Gasteiger charge is -2.14. The number of aryl methyl sites for hydroxylation is 1. The van der Waals surface area contributed by atoms with E-state index in [0.29, 0.717) is 11.6 Å². The third-order valence-electron chi connectivity index (χ3n) is 4.50. The van der Waals surface area contributed by atoms with Crippen LogP contribution in [0.15, 0.2) is 76.5 Å². The fourth-order valence-corrected chi connectivity index (χ4v) is 4.96. The Hall–Kier alpha value is -3.56. The number of anilines is 2. The molecule has 0 saturated heterocycles. The van der Waals surface area contributed by atoms with Gasteiger partial charge in [-0.15, -0.1) is 0 Å². The number of hydrogen-bond donors (Lipinski definition) is 2. The van der Waals surface area contributed by atoms with E-state index in [1.165, 1.54) is 36.4 Å². The van der Waals surface area contributed by atoms with Gasteiger partial charge in [0.15, 0.2) is 0 Å². The van der Waals surface area contributed by atoms with Crippen LogP contribution in [0.5, 0.6) is 0 Å². The molecule has 0 heterocycles. The summed E-state index contributed by atoms with van der Waals surface area (Å²) in [5, 5.41) is 8.84. The molecule has 7 nitrogen and oxygen atoms in total. The van der Waals surface area contributed by atoms with Crippen molar-refractivity contribution in [2.75, 3.05) is 9.44 Å². The van der Waals surface area contributed by atoms with Gasteiger partial charge >= 0.3 is 6.18 Å². The van der Waals surface area contributed by atoms with Gasteiger partial charge in [0.05, 0.1) is 32.7 Å². The highest BCUT2D eigenvalue weighted by molar-refractivity contribution is 7.93. The summed E-state index contributed by atoms with van der Waals surface area (Å²) in [7, 11) is -8.44. The maximum absolute atomic E-state index is 12.9. The Labute approximate surface area is 188 Å². The molecule has 2 N–H and O–H groups in total. The van der Waals surface area contributed by atoms with Gasteiger partial charge in [-0.05, 0) is 67.1 Å². The third kappa shape index (κ3) is 5.63. The van der Waals surface area contributed by atoms with Gasteiger partial charge in [-0.3, -0.25) is 9.44 Å². The molecule has 0 saturated carbocycles. The average Bonchev–Trinajstić information content (AvgIpc) is 2.74. The minimum absolute atomic E-state index is 0.0359. The monoisotopic (exact) mass is 495 g/mol. The zero-order chi connectivity index (χ0) is 24.4. The Morgan fingerprint density at radius 2 is 1.42 bits per heavy atom. The van der Waals surface area contributed by atoms with Crippen LogP contribution in [0.3, 0.4) is 0 Å². The van der Waals surface area contributed by atoms with Gasteiger partial charge in [0.2, 0.25) is 0 Å². The molecule has 0 aromatic heterocycles. The van der Waals surface area contributed by atoms with Crippen LogP contribution in [0.1, 0.15) is 16.7 Å². The lowest BCUT2D eigenvalue weighted by atomic mass is 10.2. The van der Waals surface area contributed by atoms with E-state index in [1.54, 1.807) is 6.92 Å². The van der Waals surface area contributed by atoms with E-state index >= 15 is 0 Å². The van der Waals surface area contributed by atoms with Crippen LogP contribution >= 0.6 is 0 Å². The maximum atomic E-state index is 12.9. The Kier molecular flexibility index (Phi) is 6.40. The van der Waals surface area contributed by atoms with Gasteiger partial charge in [-0.1, -0.05) is 12.1 Å². The van der Waals surface area contributed by atoms with Crippen molar-refractivity contribution in [2.24, 2.45) is 0 Å². The van der Waals surface area contributed by atoms with Crippen LogP contribution in [-0.4, -0.2) is 16.8 Å². The van der Waals surface area contributed by atoms with Crippen LogP contribution in [0, 0.1) is 18.3 Å². The molecule has 3 rings (SSSR count). The first-order valence-electron chi connectivity index (χ1n) is 9.15. The lowest BCUT2D eigenvalue weighted by Crippen LogP contribution is -2.16. The molecule has 0 bridgehead atoms. The number of hydrogen-bond acceptors (Lipinski definition) is 5. The predicted molar refractivity (Wildman–Crippen MR) is 115 cm³/mol. The number of rotatable bonds is 6. The predicted octanol–water partition coefficient (Wildman–Crippen LogP) is 4.49. The van der Waals surface area contributed by atoms with E-state index in [0.717, 1.165) is 24.3 Å². The Morgan fingerprint density at radius 1 is 0.818 bits per heavy atom. The normalized spacial score (nSPS) is 12.1. The van der Waals surface area contributed by atoms with Crippen molar-refractivity contribution in [3.63, 3.8) is 0 Å². The van der Waals surface area contributed by atoms with E-state index in [2.05, 4.69) is 9.44 Å². The SMILES string of the molecule is Cc1ccc(S(=O)(=O)Nc2cccc(C(F)(F)F)c2)cc1NS(=O)(=O)c1ccc(C#N)cc1. The van der Waals surface area contributed by atoms with Crippen LogP contribution in [0.4, 0.5) is 24.5 Å². The molecule has 172 valence electrons. The highest BCUT2D eigenvalue weighted by Crippen LogP contribution is 2.31. The van der Waals surface area contributed by atoms with Crippen molar-refractivity contribution in [1.29, 1.82) is 5.26 Å². The lowest BCUT2D eigenvalue weighted by molar-refractivity contribution is -0.137. The molecule has 0 unspecified atom stereocenters. The highest BCUT2D eigenvalue weighted by Gasteiger charge is 2.31. The summed E-state index contributed by atoms with van der Waals surface area (Å²) in [6.07, 6.45) is -4.65. The van der Waals surface area contributed by atoms with E-state index in [9.17, 15) is 30.0 Å². The fraction of sp³-hybridized carbons (Fsp3) is 0.0952. The number of benzene rings is 3. The molecule has 0 aliphatic carbocycles. The van der Waals surface area contributed by atoms with Crippen molar-refractivity contribution in [1.82, 2.24) is 0 Å². The standard InChI is InChI=1S/C21H16F3N3O4S2/c1-14-5-8-19(33(30,31)26-17-4-2-3-16(11-17)21(22,23)24)12-20(14)27-32(28,29)18-9-6-15(13-25)7-10-18/h2-12,26-27H,1H3. The summed E-state index contributed by atoms with van der Waals surface area (Å²) in [5.41, 5.74) is -0.692. The zero-order valence-corrected chi connectivity index (χ0v) is 18.5. The molecule has 0 fully saturated rings. The van der Waals surface area contributed by atoms with E-state index in [1.807, 2.05) is 6.07 Å². The van der Waals surface area contributed by atoms with E-state index in [-0.39, 0.29) is 26.7 Å². The number of nitrogens with zero attached hydrogens (tertiary/aromatic N) is 1. The minimum Gasteiger partial charge on any atom is -0.280 e. The summed E-state index contributed by atoms with van der Waals surface area (Å²) in [4.78, 5) is -0.501. The molecule has 3 aromatic rings. The molecular formula is C21H16F3N3O4S2. The molecule has 0 spiro atoms. The highest BCUT2D eigenvalue weighted by atomic mass is 32.2. The fourth-order valence-electron chi connectivity index (χ4n) is 2.76. The van der Waals surface area contributed by atoms with Gasteiger partial charge in [-0.2, -0.15) is 18.4 Å². The van der Waals surface area contributed by atoms with Crippen LogP contribution in [-0.2, 0) is 26.2 Å². The number of nitriles is 1. The van der Waals surface area contributed by atoms with Gasteiger partial charge in [-0.25, -0.2) is 16.8 Å². The Balaban J connectivity index is 1.91. The minimum atomic E-state index is -4.65. The Bertz CT molecular complexity index is 1450. The number of sulfonamides is 2. The first-order chi connectivity index (χ1) is 15.3. The third-order valence-corrected chi connectivity index (χ3v) is 7.26. The van der Waals surface area contributed by atoms with E-state index < -0.39 is 31.8 Å². The quantitative estimate of drug-likeness (QED) is 0.523. The molecular weight excluding hydrogens is 479 g/mol. The van der Waals surface area contributed by atoms with Gasteiger partial charge in [0.25, 0.3) is 20.0 Å². The number of alkyl halides is 3. The summed E-state index contributed by atoms with van der Waals surface area (Å²) in [5.74, 6) is 0. The van der Waals surface area contributed by atoms with Gasteiger partial charge in [0, 0.05) is 5.69 Å². The maximum Gasteiger partial charge on any atom is 0.416 e. The zero-order valence-electron chi connectivity index (χ0n) is 16.9. The van der Waals surface area contributed by atoms with Crippen LogP contribution in [0.2, 0.25) is 0 Å². The van der Waals surface area contributed by atoms with Gasteiger partial charge < -0.3 is 0 Å². The van der Waals surface area contributed by atoms with Crippen molar-refractivity contribution < 1.29 is 30.0 Å². The van der Waals surface area contributed by atoms with Crippen LogP contribution in [0.25, 0.3) is 0 Å². The largest absolute Gasteiger partial charge is 0.416 e. The van der Waals surface area contributed by atoms with Crippen molar-refractivity contribution in [3.05, 3.63) is 83.4 Å². The summed E-state index contributed by atoms with van der Waals surface area (Å²) in [6, 6.07) is 14.3. The van der Waals surface area contributed by atoms with Crippen LogP contribution < -0.4 is 9.44 Å². The average molecular weight is 496 g/mol. The second kappa shape index (κ2) is 8.76. The topological polar surface area (TPSA) is 116 Å². The molecule has 3 aromatic carbocycles. The molecule has 0 aliphatic rings. The molecule has 0 aliphatic heterocycles. The Morgan fingerprint density at radius 3 is 2.03 bits per heavy atom. The molecule has 12 heteroatoms. The number of halogens is 3.